The third kappa shape index (κ3) is 3.60. The summed E-state index contributed by atoms with van der Waals surface area (Å²) in [5.74, 6) is -13.1. The van der Waals surface area contributed by atoms with Gasteiger partial charge in [0, 0.05) is 12.0 Å². The molecule has 27 heavy (non-hydrogen) atoms. The van der Waals surface area contributed by atoms with Crippen LogP contribution < -0.4 is 0 Å². The average Bonchev–Trinajstić information content (AvgIpc) is 2.59. The molecule has 0 aliphatic heterocycles. The van der Waals surface area contributed by atoms with Gasteiger partial charge in [-0.05, 0) is 37.0 Å². The minimum atomic E-state index is -4.88. The highest BCUT2D eigenvalue weighted by molar-refractivity contribution is 5.49. The lowest BCUT2D eigenvalue weighted by atomic mass is 9.80. The van der Waals surface area contributed by atoms with Crippen LogP contribution in [0.3, 0.4) is 0 Å². The van der Waals surface area contributed by atoms with Gasteiger partial charge in [-0.3, -0.25) is 0 Å². The van der Waals surface area contributed by atoms with E-state index in [4.69, 9.17) is 4.74 Å². The van der Waals surface area contributed by atoms with Crippen molar-refractivity contribution in [2.24, 2.45) is 0 Å². The van der Waals surface area contributed by atoms with Crippen molar-refractivity contribution in [1.29, 1.82) is 0 Å². The van der Waals surface area contributed by atoms with Gasteiger partial charge in [0.25, 0.3) is 0 Å². The topological polar surface area (TPSA) is 9.23 Å². The number of allylic oxidation sites excluding steroid dienone is 3. The van der Waals surface area contributed by atoms with Crippen LogP contribution >= 0.6 is 0 Å². The number of hydrogen-bond donors (Lipinski definition) is 0. The van der Waals surface area contributed by atoms with Gasteiger partial charge in [-0.15, -0.1) is 0 Å². The molecule has 0 atom stereocenters. The number of fused-ring (bicyclic) bond motifs is 1. The number of alkyl halides is 4. The molecule has 1 nitrogen and oxygen atoms in total. The molecule has 0 radical (unpaired) electrons. The number of ether oxygens (including phenoxy) is 1. The average molecular weight is 392 g/mol. The number of rotatable bonds is 6. The minimum absolute atomic E-state index is 0.0138. The lowest BCUT2D eigenvalue weighted by molar-refractivity contribution is -0.201. The van der Waals surface area contributed by atoms with Crippen LogP contribution in [-0.2, 0) is 23.5 Å². The summed E-state index contributed by atoms with van der Waals surface area (Å²) >= 11 is 0. The van der Waals surface area contributed by atoms with Gasteiger partial charge < -0.3 is 4.74 Å². The molecule has 2 rings (SSSR count). The molecular formula is C20H22F6O. The Morgan fingerprint density at radius 2 is 1.78 bits per heavy atom. The monoisotopic (exact) mass is 392 g/mol. The molecular weight excluding hydrogens is 370 g/mol. The maximum Gasteiger partial charge on any atom is 0.342 e. The van der Waals surface area contributed by atoms with Gasteiger partial charge in [-0.25, -0.2) is 8.78 Å². The zero-order valence-corrected chi connectivity index (χ0v) is 15.4. The van der Waals surface area contributed by atoms with E-state index in [1.165, 1.54) is 25.1 Å². The molecule has 1 aliphatic rings. The van der Waals surface area contributed by atoms with E-state index in [9.17, 15) is 26.3 Å². The van der Waals surface area contributed by atoms with Crippen molar-refractivity contribution in [3.8, 4) is 0 Å². The Hall–Kier alpha value is -1.92. The van der Waals surface area contributed by atoms with E-state index in [0.29, 0.717) is 6.42 Å². The van der Waals surface area contributed by atoms with Gasteiger partial charge in [0.05, 0.1) is 12.2 Å². The van der Waals surface area contributed by atoms with Crippen molar-refractivity contribution in [3.63, 3.8) is 0 Å². The summed E-state index contributed by atoms with van der Waals surface area (Å²) in [5.41, 5.74) is -3.13. The summed E-state index contributed by atoms with van der Waals surface area (Å²) in [6, 6.07) is 2.46. The predicted molar refractivity (Wildman–Crippen MR) is 91.1 cm³/mol. The highest BCUT2D eigenvalue weighted by Gasteiger charge is 2.65. The van der Waals surface area contributed by atoms with Crippen molar-refractivity contribution in [2.75, 3.05) is 6.61 Å². The van der Waals surface area contributed by atoms with E-state index >= 15 is 0 Å². The Kier molecular flexibility index (Phi) is 6.32. The second kappa shape index (κ2) is 7.98. The summed E-state index contributed by atoms with van der Waals surface area (Å²) in [7, 11) is 0. The van der Waals surface area contributed by atoms with Gasteiger partial charge in [0.2, 0.25) is 0 Å². The molecule has 7 heteroatoms. The van der Waals surface area contributed by atoms with Gasteiger partial charge >= 0.3 is 11.8 Å². The van der Waals surface area contributed by atoms with E-state index in [1.54, 1.807) is 13.8 Å². The van der Waals surface area contributed by atoms with Crippen LogP contribution in [0.25, 0.3) is 0 Å². The van der Waals surface area contributed by atoms with Crippen LogP contribution in [-0.4, -0.2) is 12.5 Å². The van der Waals surface area contributed by atoms with Crippen molar-refractivity contribution in [1.82, 2.24) is 0 Å². The van der Waals surface area contributed by atoms with Crippen LogP contribution in [0.5, 0.6) is 0 Å². The van der Waals surface area contributed by atoms with E-state index in [1.807, 2.05) is 0 Å². The normalized spacial score (nSPS) is 20.3. The van der Waals surface area contributed by atoms with Gasteiger partial charge in [0.15, 0.2) is 11.6 Å². The first-order valence-corrected chi connectivity index (χ1v) is 8.92. The maximum absolute atomic E-state index is 14.7. The third-order valence-electron chi connectivity index (χ3n) is 4.45. The lowest BCUT2D eigenvalue weighted by Crippen LogP contribution is -2.45. The van der Waals surface area contributed by atoms with Crippen molar-refractivity contribution >= 4 is 0 Å². The molecule has 0 bridgehead atoms. The predicted octanol–water partition coefficient (Wildman–Crippen LogP) is 6.62. The highest BCUT2D eigenvalue weighted by Crippen LogP contribution is 2.55. The summed E-state index contributed by atoms with van der Waals surface area (Å²) in [4.78, 5) is 0. The Morgan fingerprint density at radius 1 is 1.11 bits per heavy atom. The van der Waals surface area contributed by atoms with E-state index < -0.39 is 46.8 Å². The summed E-state index contributed by atoms with van der Waals surface area (Å²) in [6.07, 6.45) is 1.27. The Bertz CT molecular complexity index is 764. The molecule has 0 spiro atoms. The van der Waals surface area contributed by atoms with Crippen LogP contribution in [0.2, 0.25) is 0 Å². The second-order valence-electron chi connectivity index (χ2n) is 6.35. The molecule has 0 fully saturated rings. The van der Waals surface area contributed by atoms with Crippen LogP contribution in [0.1, 0.15) is 50.3 Å². The lowest BCUT2D eigenvalue weighted by Gasteiger charge is -2.36. The van der Waals surface area contributed by atoms with E-state index in [0.717, 1.165) is 0 Å². The molecule has 0 unspecified atom stereocenters. The quantitative estimate of drug-likeness (QED) is 0.391. The Balaban J connectivity index is 2.70. The molecule has 0 saturated heterocycles. The van der Waals surface area contributed by atoms with Crippen molar-refractivity contribution < 1.29 is 31.1 Å². The van der Waals surface area contributed by atoms with Crippen LogP contribution in [0.15, 0.2) is 35.4 Å². The third-order valence-corrected chi connectivity index (χ3v) is 4.45. The number of aryl methyl sites for hydroxylation is 1. The van der Waals surface area contributed by atoms with E-state index in [-0.39, 0.29) is 30.6 Å². The van der Waals surface area contributed by atoms with Gasteiger partial charge in [-0.1, -0.05) is 32.4 Å². The smallest absolute Gasteiger partial charge is 0.342 e. The van der Waals surface area contributed by atoms with Crippen molar-refractivity contribution in [3.05, 3.63) is 57.9 Å². The molecule has 0 aromatic heterocycles. The summed E-state index contributed by atoms with van der Waals surface area (Å²) in [5, 5.41) is 0. The van der Waals surface area contributed by atoms with Crippen molar-refractivity contribution in [2.45, 2.75) is 58.3 Å². The molecule has 150 valence electrons. The molecule has 1 aromatic rings. The SMILES string of the molecule is CC/C=C(OCC)\C(F)=C1/Cc2ccc(CCC)c(F)c2C(F)(F)C1(F)F. The number of hydrogen-bond acceptors (Lipinski definition) is 1. The molecule has 0 saturated carbocycles. The molecule has 1 aliphatic carbocycles. The minimum Gasteiger partial charge on any atom is -0.491 e. The molecule has 1 aromatic carbocycles. The fraction of sp³-hybridized carbons (Fsp3) is 0.500. The molecule has 0 amide bonds. The first-order valence-electron chi connectivity index (χ1n) is 8.92. The first kappa shape index (κ1) is 21.4. The number of halogens is 6. The Labute approximate surface area is 154 Å². The zero-order chi connectivity index (χ0) is 20.4. The number of benzene rings is 1. The molecule has 0 N–H and O–H groups in total. The first-order chi connectivity index (χ1) is 12.6. The highest BCUT2D eigenvalue weighted by atomic mass is 19.3. The summed E-state index contributed by atoms with van der Waals surface area (Å²) in [6.45, 7) is 4.86. The maximum atomic E-state index is 14.7. The van der Waals surface area contributed by atoms with Gasteiger partial charge in [-0.2, -0.15) is 17.6 Å². The largest absolute Gasteiger partial charge is 0.491 e. The van der Waals surface area contributed by atoms with E-state index in [2.05, 4.69) is 0 Å². The Morgan fingerprint density at radius 3 is 2.33 bits per heavy atom. The summed E-state index contributed by atoms with van der Waals surface area (Å²) < 4.78 is 92.8. The second-order valence-corrected chi connectivity index (χ2v) is 6.35. The zero-order valence-electron chi connectivity index (χ0n) is 15.4. The van der Waals surface area contributed by atoms with Gasteiger partial charge in [0.1, 0.15) is 5.82 Å². The van der Waals surface area contributed by atoms with Crippen LogP contribution in [0, 0.1) is 5.82 Å². The fourth-order valence-electron chi connectivity index (χ4n) is 3.17. The molecule has 0 heterocycles. The standard InChI is InChI=1S/C20H22F6O/c1-4-7-12-9-10-13-11-14(18(22)15(8-5-2)27-6-3)19(23,24)20(25,26)16(13)17(12)21/h8-10H,4-7,11H2,1-3H3/b15-8+,18-14-. The van der Waals surface area contributed by atoms with Crippen LogP contribution in [0.4, 0.5) is 26.3 Å². The fourth-order valence-corrected chi connectivity index (χ4v) is 3.17.